The minimum Gasteiger partial charge on any atom is -0.461 e. The molecule has 1 heterocycles. The van der Waals surface area contributed by atoms with E-state index in [1.807, 2.05) is 19.1 Å². The zero-order chi connectivity index (χ0) is 12.0. The summed E-state index contributed by atoms with van der Waals surface area (Å²) in [4.78, 5) is 0. The Balaban J connectivity index is 1.95. The number of halogens is 1. The fourth-order valence-electron chi connectivity index (χ4n) is 2.14. The lowest BCUT2D eigenvalue weighted by Gasteiger charge is -2.02. The highest BCUT2D eigenvalue weighted by atomic mass is 19.1. The second kappa shape index (κ2) is 3.70. The Labute approximate surface area is 99.2 Å². The van der Waals surface area contributed by atoms with Crippen molar-refractivity contribution in [3.05, 3.63) is 47.5 Å². The summed E-state index contributed by atoms with van der Waals surface area (Å²) in [5.74, 6) is 1.87. The molecule has 2 aromatic rings. The van der Waals surface area contributed by atoms with Crippen LogP contribution in [0.5, 0.6) is 0 Å². The van der Waals surface area contributed by atoms with E-state index in [1.54, 1.807) is 6.07 Å². The number of rotatable bonds is 2. The molecule has 2 nitrogen and oxygen atoms in total. The second-order valence-electron chi connectivity index (χ2n) is 4.67. The standard InChI is InChI=1S/C14H14FNO/c1-8-6-9(15)2-3-10(8)13-4-5-14(17-13)11-7-12(11)16/h2-6,11-12H,7,16H2,1H3. The van der Waals surface area contributed by atoms with Crippen molar-refractivity contribution in [1.29, 1.82) is 0 Å². The van der Waals surface area contributed by atoms with Gasteiger partial charge in [-0.3, -0.25) is 0 Å². The van der Waals surface area contributed by atoms with E-state index in [9.17, 15) is 4.39 Å². The molecule has 2 unspecified atom stereocenters. The second-order valence-corrected chi connectivity index (χ2v) is 4.67. The van der Waals surface area contributed by atoms with Gasteiger partial charge in [-0.2, -0.15) is 0 Å². The van der Waals surface area contributed by atoms with Crippen LogP contribution in [0.15, 0.2) is 34.7 Å². The third-order valence-electron chi connectivity index (χ3n) is 3.29. The van der Waals surface area contributed by atoms with Gasteiger partial charge < -0.3 is 10.2 Å². The van der Waals surface area contributed by atoms with Gasteiger partial charge in [-0.25, -0.2) is 4.39 Å². The van der Waals surface area contributed by atoms with Crippen molar-refractivity contribution in [2.24, 2.45) is 5.73 Å². The lowest BCUT2D eigenvalue weighted by Crippen LogP contribution is -2.00. The third kappa shape index (κ3) is 1.87. The molecule has 17 heavy (non-hydrogen) atoms. The molecule has 1 aliphatic carbocycles. The van der Waals surface area contributed by atoms with E-state index >= 15 is 0 Å². The SMILES string of the molecule is Cc1cc(F)ccc1-c1ccc(C2CC2N)o1. The minimum absolute atomic E-state index is 0.220. The number of hydrogen-bond acceptors (Lipinski definition) is 2. The van der Waals surface area contributed by atoms with E-state index in [1.165, 1.54) is 12.1 Å². The predicted molar refractivity (Wildman–Crippen MR) is 64.2 cm³/mol. The van der Waals surface area contributed by atoms with Crippen molar-refractivity contribution in [1.82, 2.24) is 0 Å². The van der Waals surface area contributed by atoms with E-state index in [2.05, 4.69) is 0 Å². The van der Waals surface area contributed by atoms with Crippen LogP contribution in [0, 0.1) is 12.7 Å². The van der Waals surface area contributed by atoms with Crippen molar-refractivity contribution in [2.45, 2.75) is 25.3 Å². The fourth-order valence-corrected chi connectivity index (χ4v) is 2.14. The topological polar surface area (TPSA) is 39.2 Å². The first-order valence-corrected chi connectivity index (χ1v) is 5.77. The van der Waals surface area contributed by atoms with Gasteiger partial charge in [0.25, 0.3) is 0 Å². The lowest BCUT2D eigenvalue weighted by atomic mass is 10.1. The monoisotopic (exact) mass is 231 g/mol. The molecule has 1 aromatic carbocycles. The number of aryl methyl sites for hydroxylation is 1. The highest BCUT2D eigenvalue weighted by molar-refractivity contribution is 5.62. The number of hydrogen-bond donors (Lipinski definition) is 1. The molecule has 0 spiro atoms. The zero-order valence-electron chi connectivity index (χ0n) is 9.61. The van der Waals surface area contributed by atoms with E-state index < -0.39 is 0 Å². The molecule has 1 fully saturated rings. The van der Waals surface area contributed by atoms with Gasteiger partial charge in [0.05, 0.1) is 0 Å². The van der Waals surface area contributed by atoms with Crippen LogP contribution in [0.25, 0.3) is 11.3 Å². The van der Waals surface area contributed by atoms with Crippen LogP contribution in [-0.4, -0.2) is 6.04 Å². The molecule has 0 aliphatic heterocycles. The highest BCUT2D eigenvalue weighted by Crippen LogP contribution is 2.41. The van der Waals surface area contributed by atoms with Crippen LogP contribution in [0.4, 0.5) is 4.39 Å². The molecular weight excluding hydrogens is 217 g/mol. The maximum absolute atomic E-state index is 13.0. The van der Waals surface area contributed by atoms with Crippen LogP contribution in [-0.2, 0) is 0 Å². The van der Waals surface area contributed by atoms with Gasteiger partial charge in [-0.1, -0.05) is 0 Å². The molecule has 0 radical (unpaired) electrons. The van der Waals surface area contributed by atoms with Gasteiger partial charge in [0.2, 0.25) is 0 Å². The van der Waals surface area contributed by atoms with Crippen molar-refractivity contribution in [2.75, 3.05) is 0 Å². The van der Waals surface area contributed by atoms with Gasteiger partial charge in [-0.15, -0.1) is 0 Å². The number of nitrogens with two attached hydrogens (primary N) is 1. The van der Waals surface area contributed by atoms with Crippen LogP contribution in [0.2, 0.25) is 0 Å². The number of furan rings is 1. The summed E-state index contributed by atoms with van der Waals surface area (Å²) in [5.41, 5.74) is 7.60. The van der Waals surface area contributed by atoms with Gasteiger partial charge >= 0.3 is 0 Å². The molecule has 1 aliphatic rings. The largest absolute Gasteiger partial charge is 0.461 e. The Bertz CT molecular complexity index is 561. The van der Waals surface area contributed by atoms with Crippen molar-refractivity contribution in [3.63, 3.8) is 0 Å². The first kappa shape index (κ1) is 10.5. The summed E-state index contributed by atoms with van der Waals surface area (Å²) in [6, 6.07) is 8.85. The van der Waals surface area contributed by atoms with E-state index in [4.69, 9.17) is 10.2 Å². The fraction of sp³-hybridized carbons (Fsp3) is 0.286. The molecule has 0 saturated heterocycles. The minimum atomic E-state index is -0.220. The lowest BCUT2D eigenvalue weighted by molar-refractivity contribution is 0.521. The van der Waals surface area contributed by atoms with E-state index in [0.717, 1.165) is 29.1 Å². The van der Waals surface area contributed by atoms with Gasteiger partial charge in [0, 0.05) is 17.5 Å². The molecule has 1 saturated carbocycles. The first-order valence-electron chi connectivity index (χ1n) is 5.77. The first-order chi connectivity index (χ1) is 8.15. The number of benzene rings is 1. The summed E-state index contributed by atoms with van der Waals surface area (Å²) in [6.45, 7) is 1.88. The molecule has 0 bridgehead atoms. The van der Waals surface area contributed by atoms with Gasteiger partial charge in [-0.05, 0) is 49.2 Å². The predicted octanol–water partition coefficient (Wildman–Crippen LogP) is 3.21. The molecule has 2 atom stereocenters. The van der Waals surface area contributed by atoms with Gasteiger partial charge in [0.15, 0.2) is 0 Å². The quantitative estimate of drug-likeness (QED) is 0.862. The van der Waals surface area contributed by atoms with E-state index in [0.29, 0.717) is 5.92 Å². The average molecular weight is 231 g/mol. The Kier molecular flexibility index (Phi) is 2.30. The van der Waals surface area contributed by atoms with Crippen LogP contribution in [0.3, 0.4) is 0 Å². The van der Waals surface area contributed by atoms with Crippen molar-refractivity contribution < 1.29 is 8.81 Å². The van der Waals surface area contributed by atoms with Crippen molar-refractivity contribution in [3.8, 4) is 11.3 Å². The highest BCUT2D eigenvalue weighted by Gasteiger charge is 2.37. The summed E-state index contributed by atoms with van der Waals surface area (Å²) in [7, 11) is 0. The zero-order valence-corrected chi connectivity index (χ0v) is 9.61. The summed E-state index contributed by atoms with van der Waals surface area (Å²) < 4.78 is 18.8. The Morgan fingerprint density at radius 2 is 2.06 bits per heavy atom. The van der Waals surface area contributed by atoms with E-state index in [-0.39, 0.29) is 11.9 Å². The molecule has 3 rings (SSSR count). The molecule has 88 valence electrons. The smallest absolute Gasteiger partial charge is 0.134 e. The molecule has 1 aromatic heterocycles. The Morgan fingerprint density at radius 1 is 1.29 bits per heavy atom. The van der Waals surface area contributed by atoms with Crippen LogP contribution in [0.1, 0.15) is 23.7 Å². The summed E-state index contributed by atoms with van der Waals surface area (Å²) >= 11 is 0. The third-order valence-corrected chi connectivity index (χ3v) is 3.29. The summed E-state index contributed by atoms with van der Waals surface area (Å²) in [6.07, 6.45) is 0.995. The average Bonchev–Trinajstić information content (AvgIpc) is 2.83. The molecule has 2 N–H and O–H groups in total. The Hall–Kier alpha value is -1.61. The van der Waals surface area contributed by atoms with Crippen LogP contribution < -0.4 is 5.73 Å². The summed E-state index contributed by atoms with van der Waals surface area (Å²) in [5, 5.41) is 0. The maximum atomic E-state index is 13.0. The van der Waals surface area contributed by atoms with Crippen LogP contribution >= 0.6 is 0 Å². The molecule has 3 heteroatoms. The molecular formula is C14H14FNO. The maximum Gasteiger partial charge on any atom is 0.134 e. The van der Waals surface area contributed by atoms with Crippen molar-refractivity contribution >= 4 is 0 Å². The normalized spacial score (nSPS) is 22.8. The van der Waals surface area contributed by atoms with Gasteiger partial charge in [0.1, 0.15) is 17.3 Å². The molecule has 0 amide bonds. The Morgan fingerprint density at radius 3 is 2.71 bits per heavy atom.